The molecule has 7 aromatic rings. The molecule has 5 aromatic carbocycles. The Morgan fingerprint density at radius 1 is 0.612 bits per heavy atom. The third kappa shape index (κ3) is 18.6. The minimum absolute atomic E-state index is 0.0191. The second-order valence-corrected chi connectivity index (χ2v) is 24.6. The molecule has 5 N–H and O–H groups in total. The van der Waals surface area contributed by atoms with Crippen molar-refractivity contribution in [3.8, 4) is 52.5 Å². The molecule has 448 valence electrons. The second-order valence-electron chi connectivity index (χ2n) is 18.3. The van der Waals surface area contributed by atoms with Crippen LogP contribution in [0.15, 0.2) is 97.5 Å². The first-order chi connectivity index (χ1) is 39.6. The average molecular weight is 1290 g/mol. The van der Waals surface area contributed by atoms with Crippen LogP contribution >= 0.6 is 34.8 Å². The Kier molecular flexibility index (Phi) is 22.6. The first kappa shape index (κ1) is 67.4. The normalized spacial score (nSPS) is 11.3. The fraction of sp³-hybridized carbons (Fsp3) is 0.189. The smallest absolute Gasteiger partial charge is 0.303 e. The third-order valence-corrected chi connectivity index (χ3v) is 15.0. The SMILES string of the molecule is CC(C)COc1ncc(Oc2cc(F)c(C(=O)NS(N)(=O)=O)cc2C#N)cc1Cl.CN(C)S(=O)(=O)NC(=O)c1cc(Cl)c(Oc2ccc3ccncc3c2)cc1F.Cc1cc(Oc2cc(F)c(C(=O)NS(=O)(=O)N(C)C)cc2Cl)cc(C)c1C#N. The number of rotatable bonds is 17. The number of benzene rings is 5. The number of carbonyl (C=O) groups excluding carboxylic acids is 3. The Hall–Kier alpha value is -8.36. The molecule has 0 saturated carbocycles. The molecular formula is C53H48Cl3F3N10O13S3. The van der Waals surface area contributed by atoms with Gasteiger partial charge in [-0.25, -0.2) is 37.5 Å². The van der Waals surface area contributed by atoms with Crippen molar-refractivity contribution in [2.45, 2.75) is 27.7 Å². The predicted molar refractivity (Wildman–Crippen MR) is 307 cm³/mol. The summed E-state index contributed by atoms with van der Waals surface area (Å²) < 4.78 is 140. The fourth-order valence-electron chi connectivity index (χ4n) is 6.66. The maximum Gasteiger partial charge on any atom is 0.303 e. The number of nitrogens with zero attached hydrogens (tertiary/aromatic N) is 6. The largest absolute Gasteiger partial charge is 0.476 e. The van der Waals surface area contributed by atoms with E-state index >= 15 is 0 Å². The molecule has 7 rings (SSSR count). The highest BCUT2D eigenvalue weighted by molar-refractivity contribution is 7.88. The van der Waals surface area contributed by atoms with Crippen LogP contribution in [0.1, 0.15) is 67.2 Å². The lowest BCUT2D eigenvalue weighted by atomic mass is 10.0. The number of nitrogens with two attached hydrogens (primary N) is 1. The molecule has 2 heterocycles. The van der Waals surface area contributed by atoms with Gasteiger partial charge in [0.15, 0.2) is 0 Å². The van der Waals surface area contributed by atoms with E-state index in [0.717, 1.165) is 55.8 Å². The minimum atomic E-state index is -4.40. The molecule has 3 amide bonds. The quantitative estimate of drug-likeness (QED) is 0.0660. The Morgan fingerprint density at radius 3 is 1.56 bits per heavy atom. The Balaban J connectivity index is 0.000000233. The first-order valence-corrected chi connectivity index (χ1v) is 29.4. The molecular weight excluding hydrogens is 1240 g/mol. The minimum Gasteiger partial charge on any atom is -0.476 e. The van der Waals surface area contributed by atoms with Crippen LogP contribution in [0.4, 0.5) is 13.2 Å². The summed E-state index contributed by atoms with van der Waals surface area (Å²) in [4.78, 5) is 44.0. The summed E-state index contributed by atoms with van der Waals surface area (Å²) in [5.74, 6) is -5.79. The number of nitrogens with one attached hydrogen (secondary N) is 3. The van der Waals surface area contributed by atoms with E-state index in [-0.39, 0.29) is 55.4 Å². The fourth-order valence-corrected chi connectivity index (χ4v) is 8.69. The molecule has 0 saturated heterocycles. The number of amides is 3. The molecule has 2 aromatic heterocycles. The van der Waals surface area contributed by atoms with Crippen LogP contribution in [0.3, 0.4) is 0 Å². The summed E-state index contributed by atoms with van der Waals surface area (Å²) in [5, 5.41) is 24.8. The molecule has 0 aliphatic carbocycles. The number of hydrogen-bond acceptors (Lipinski definition) is 17. The van der Waals surface area contributed by atoms with Gasteiger partial charge in [-0.15, -0.1) is 0 Å². The highest BCUT2D eigenvalue weighted by Crippen LogP contribution is 2.36. The first-order valence-electron chi connectivity index (χ1n) is 23.9. The van der Waals surface area contributed by atoms with Crippen LogP contribution < -0.4 is 38.3 Å². The second kappa shape index (κ2) is 28.5. The van der Waals surface area contributed by atoms with Gasteiger partial charge in [-0.3, -0.25) is 19.4 Å². The number of aromatic nitrogens is 2. The number of halogens is 6. The number of carbonyl (C=O) groups is 3. The summed E-state index contributed by atoms with van der Waals surface area (Å²) in [6.07, 6.45) is 4.58. The van der Waals surface area contributed by atoms with E-state index in [1.165, 1.54) is 45.2 Å². The molecule has 0 atom stereocenters. The summed E-state index contributed by atoms with van der Waals surface area (Å²) in [6, 6.07) is 20.8. The van der Waals surface area contributed by atoms with Crippen molar-refractivity contribution in [3.05, 3.63) is 169 Å². The van der Waals surface area contributed by atoms with Gasteiger partial charge in [-0.2, -0.15) is 44.4 Å². The number of fused-ring (bicyclic) bond motifs is 1. The van der Waals surface area contributed by atoms with E-state index in [2.05, 4.69) is 21.2 Å². The summed E-state index contributed by atoms with van der Waals surface area (Å²) in [5.41, 5.74) is -0.129. The molecule has 0 aliphatic rings. The highest BCUT2D eigenvalue weighted by atomic mass is 35.5. The van der Waals surface area contributed by atoms with Gasteiger partial charge in [0.05, 0.1) is 56.7 Å². The molecule has 85 heavy (non-hydrogen) atoms. The van der Waals surface area contributed by atoms with Crippen molar-refractivity contribution >= 4 is 93.9 Å². The van der Waals surface area contributed by atoms with Crippen molar-refractivity contribution in [1.29, 1.82) is 10.5 Å². The van der Waals surface area contributed by atoms with Gasteiger partial charge in [0, 0.05) is 70.2 Å². The molecule has 0 spiro atoms. The van der Waals surface area contributed by atoms with Crippen molar-refractivity contribution in [3.63, 3.8) is 0 Å². The van der Waals surface area contributed by atoms with E-state index in [1.807, 2.05) is 26.0 Å². The lowest BCUT2D eigenvalue weighted by molar-refractivity contribution is 0.0966. The molecule has 0 fully saturated rings. The predicted octanol–water partition coefficient (Wildman–Crippen LogP) is 9.16. The molecule has 32 heteroatoms. The van der Waals surface area contributed by atoms with Gasteiger partial charge < -0.3 is 18.9 Å². The maximum atomic E-state index is 14.4. The molecule has 0 radical (unpaired) electrons. The zero-order chi connectivity index (χ0) is 63.5. The van der Waals surface area contributed by atoms with Gasteiger partial charge in [-0.1, -0.05) is 54.7 Å². The number of ether oxygens (including phenoxy) is 4. The number of nitriles is 2. The zero-order valence-corrected chi connectivity index (χ0v) is 50.3. The van der Waals surface area contributed by atoms with Gasteiger partial charge in [0.1, 0.15) is 63.0 Å². The van der Waals surface area contributed by atoms with Crippen LogP contribution in [-0.4, -0.2) is 96.4 Å². The topological polar surface area (TPSA) is 332 Å². The Morgan fingerprint density at radius 2 is 1.09 bits per heavy atom. The van der Waals surface area contributed by atoms with E-state index in [0.29, 0.717) is 34.8 Å². The van der Waals surface area contributed by atoms with E-state index in [9.17, 15) is 58.1 Å². The monoisotopic (exact) mass is 1290 g/mol. The van der Waals surface area contributed by atoms with Crippen LogP contribution in [0.25, 0.3) is 10.8 Å². The maximum absolute atomic E-state index is 14.4. The van der Waals surface area contributed by atoms with Gasteiger partial charge in [-0.05, 0) is 84.8 Å². The van der Waals surface area contributed by atoms with Crippen molar-refractivity contribution in [2.24, 2.45) is 11.1 Å². The number of hydrogen-bond donors (Lipinski definition) is 4. The molecule has 0 aliphatic heterocycles. The van der Waals surface area contributed by atoms with Gasteiger partial charge >= 0.3 is 20.4 Å². The van der Waals surface area contributed by atoms with Crippen molar-refractivity contribution in [1.82, 2.24) is 32.7 Å². The summed E-state index contributed by atoms with van der Waals surface area (Å²) in [7, 11) is -7.65. The van der Waals surface area contributed by atoms with E-state index in [1.54, 1.807) is 66.0 Å². The van der Waals surface area contributed by atoms with E-state index in [4.69, 9.17) is 59.0 Å². The summed E-state index contributed by atoms with van der Waals surface area (Å²) in [6.45, 7) is 7.78. The lowest BCUT2D eigenvalue weighted by Gasteiger charge is -2.14. The Bertz CT molecular complexity index is 4170. The molecule has 23 nitrogen and oxygen atoms in total. The van der Waals surface area contributed by atoms with E-state index < -0.39 is 82.5 Å². The average Bonchev–Trinajstić information content (AvgIpc) is 2.58. The summed E-state index contributed by atoms with van der Waals surface area (Å²) >= 11 is 18.3. The number of aryl methyl sites for hydroxylation is 2. The van der Waals surface area contributed by atoms with Crippen LogP contribution in [0.2, 0.25) is 15.1 Å². The van der Waals surface area contributed by atoms with Crippen molar-refractivity contribution in [2.75, 3.05) is 34.8 Å². The molecule has 0 bridgehead atoms. The molecule has 0 unspecified atom stereocenters. The third-order valence-electron chi connectivity index (χ3n) is 10.9. The highest BCUT2D eigenvalue weighted by Gasteiger charge is 2.26. The van der Waals surface area contributed by atoms with Crippen molar-refractivity contribution < 1.29 is 71.8 Å². The standard InChI is InChI=1S/C18H15ClFN3O4S.C18H17ClFN3O4S.C17H16ClFN4O5S/c1-23(2)28(25,26)22-18(24)14-8-15(19)17(9-16(14)20)27-13-4-3-11-5-6-21-10-12(11)7-13;1-10-5-12(6-11(2)14(10)9-21)27-17-8-16(20)13(7-15(17)19)18(24)22-28(25,26)23(3)4;1-9(2)8-27-17-13(18)4-11(7-22-17)28-15-5-14(19)12(3-10(15)6-20)16(24)23-29(21,25)26/h3-10H,1-2H3,(H,22,24);5-8H,1-4H3,(H,22,24);3-5,7,9H,8H2,1-2H3,(H,23,24)(H2,21,25,26). The van der Waals surface area contributed by atoms with Gasteiger partial charge in [0.2, 0.25) is 5.88 Å². The lowest BCUT2D eigenvalue weighted by Crippen LogP contribution is -2.39. The zero-order valence-electron chi connectivity index (χ0n) is 45.6. The van der Waals surface area contributed by atoms with Gasteiger partial charge in [0.25, 0.3) is 27.9 Å². The van der Waals surface area contributed by atoms with Crippen LogP contribution in [-0.2, 0) is 30.6 Å². The number of pyridine rings is 2. The van der Waals surface area contributed by atoms with Crippen LogP contribution in [0.5, 0.6) is 40.4 Å². The van der Waals surface area contributed by atoms with Crippen LogP contribution in [0, 0.1) is 59.9 Å². The Labute approximate surface area is 501 Å².